The normalized spacial score (nSPS) is 11.6. The van der Waals surface area contributed by atoms with Gasteiger partial charge in [-0.1, -0.05) is 12.1 Å². The molecule has 0 atom stereocenters. The molecule has 0 unspecified atom stereocenters. The van der Waals surface area contributed by atoms with E-state index in [2.05, 4.69) is 56.3 Å². The number of fused-ring (bicyclic) bond motifs is 2. The molecule has 4 aromatic heterocycles. The van der Waals surface area contributed by atoms with Crippen molar-refractivity contribution in [2.75, 3.05) is 13.1 Å². The Kier molecular flexibility index (Phi) is 7.02. The fourth-order valence-corrected chi connectivity index (χ4v) is 3.12. The number of aryl methyl sites for hydroxylation is 1. The minimum atomic E-state index is 0. The molecule has 2 N–H and O–H groups in total. The maximum Gasteiger partial charge on any atom is 0.191 e. The number of hydrogen-bond acceptors (Lipinski definition) is 4. The number of pyridine rings is 2. The number of guanidine groups is 1. The molecule has 0 fully saturated rings. The zero-order chi connectivity index (χ0) is 19.3. The first-order valence-electron chi connectivity index (χ1n) is 9.48. The van der Waals surface area contributed by atoms with Crippen LogP contribution in [0.5, 0.6) is 0 Å². The van der Waals surface area contributed by atoms with E-state index in [1.807, 2.05) is 41.1 Å². The van der Waals surface area contributed by atoms with Crippen LogP contribution in [0.15, 0.2) is 53.9 Å². The molecule has 0 aliphatic carbocycles. The third kappa shape index (κ3) is 4.84. The van der Waals surface area contributed by atoms with Gasteiger partial charge in [0, 0.05) is 38.1 Å². The van der Waals surface area contributed by atoms with Crippen molar-refractivity contribution in [3.63, 3.8) is 0 Å². The molecule has 0 aromatic carbocycles. The minimum absolute atomic E-state index is 0. The van der Waals surface area contributed by atoms with Crippen LogP contribution in [0.1, 0.15) is 24.0 Å². The number of nitrogens with one attached hydrogen (secondary N) is 2. The van der Waals surface area contributed by atoms with Gasteiger partial charge in [0.25, 0.3) is 0 Å². The molecule has 0 saturated heterocycles. The van der Waals surface area contributed by atoms with Crippen molar-refractivity contribution in [1.82, 2.24) is 34.6 Å². The Balaban J connectivity index is 0.00000240. The van der Waals surface area contributed by atoms with Crippen LogP contribution < -0.4 is 10.6 Å². The van der Waals surface area contributed by atoms with Gasteiger partial charge < -0.3 is 15.0 Å². The van der Waals surface area contributed by atoms with E-state index in [1.54, 1.807) is 0 Å². The summed E-state index contributed by atoms with van der Waals surface area (Å²) in [7, 11) is 0. The maximum absolute atomic E-state index is 4.72. The smallest absolute Gasteiger partial charge is 0.191 e. The summed E-state index contributed by atoms with van der Waals surface area (Å²) < 4.78 is 4.02. The summed E-state index contributed by atoms with van der Waals surface area (Å²) in [6.45, 7) is 6.12. The molecule has 4 rings (SSSR count). The van der Waals surface area contributed by atoms with Gasteiger partial charge in [0.1, 0.15) is 12.2 Å². The number of nitrogens with zero attached hydrogens (tertiary/aromatic N) is 6. The molecule has 152 valence electrons. The number of aliphatic imine (C=N–C) groups is 1. The van der Waals surface area contributed by atoms with Crippen molar-refractivity contribution in [1.29, 1.82) is 0 Å². The largest absolute Gasteiger partial charge is 0.357 e. The molecule has 0 amide bonds. The molecule has 0 aliphatic heterocycles. The fourth-order valence-electron chi connectivity index (χ4n) is 3.12. The molecule has 0 spiro atoms. The standard InChI is InChI=1S/C20H24N8.HI/c1-3-21-20(23-13-18-26-25-17-8-4-5-12-28(17)18)22-10-9-16-14-27-11-6-7-15(2)19(27)24-16;/h4-8,11-12,14H,3,9-10,13H2,1-2H3,(H2,21,22,23);1H. The third-order valence-electron chi connectivity index (χ3n) is 4.51. The number of aromatic nitrogens is 5. The lowest BCUT2D eigenvalue weighted by Crippen LogP contribution is -2.38. The molecule has 4 aromatic rings. The molecule has 0 bridgehead atoms. The summed E-state index contributed by atoms with van der Waals surface area (Å²) in [5.74, 6) is 1.57. The van der Waals surface area contributed by atoms with Crippen molar-refractivity contribution in [2.45, 2.75) is 26.8 Å². The average Bonchev–Trinajstić information content (AvgIpc) is 3.31. The number of imidazole rings is 1. The predicted octanol–water partition coefficient (Wildman–Crippen LogP) is 2.60. The summed E-state index contributed by atoms with van der Waals surface area (Å²) in [6, 6.07) is 9.96. The zero-order valence-electron chi connectivity index (χ0n) is 16.5. The van der Waals surface area contributed by atoms with Crippen molar-refractivity contribution < 1.29 is 0 Å². The summed E-state index contributed by atoms with van der Waals surface area (Å²) in [4.78, 5) is 9.36. The van der Waals surface area contributed by atoms with Gasteiger partial charge in [-0.15, -0.1) is 34.2 Å². The topological polar surface area (TPSA) is 83.9 Å². The van der Waals surface area contributed by atoms with Crippen LogP contribution in [0.4, 0.5) is 0 Å². The first kappa shape index (κ1) is 21.0. The highest BCUT2D eigenvalue weighted by molar-refractivity contribution is 14.0. The van der Waals surface area contributed by atoms with Crippen LogP contribution in [-0.2, 0) is 13.0 Å². The van der Waals surface area contributed by atoms with Gasteiger partial charge in [0.05, 0.1) is 5.69 Å². The Morgan fingerprint density at radius 1 is 1.10 bits per heavy atom. The molecular weight excluding hydrogens is 479 g/mol. The Morgan fingerprint density at radius 3 is 2.83 bits per heavy atom. The zero-order valence-corrected chi connectivity index (χ0v) is 18.9. The fraction of sp³-hybridized carbons (Fsp3) is 0.300. The van der Waals surface area contributed by atoms with Crippen LogP contribution in [-0.4, -0.2) is 43.0 Å². The van der Waals surface area contributed by atoms with Gasteiger partial charge in [-0.2, -0.15) is 0 Å². The highest BCUT2D eigenvalue weighted by atomic mass is 127. The molecule has 4 heterocycles. The highest BCUT2D eigenvalue weighted by Gasteiger charge is 2.06. The van der Waals surface area contributed by atoms with Gasteiger partial charge in [0.2, 0.25) is 0 Å². The van der Waals surface area contributed by atoms with E-state index < -0.39 is 0 Å². The minimum Gasteiger partial charge on any atom is -0.357 e. The lowest BCUT2D eigenvalue weighted by Gasteiger charge is -2.10. The number of halogens is 1. The van der Waals surface area contributed by atoms with Crippen LogP contribution in [0.3, 0.4) is 0 Å². The molecule has 0 aliphatic rings. The SMILES string of the molecule is CCNC(=NCc1nnc2ccccn12)NCCc1cn2cccc(C)c2n1.I. The molecule has 8 nitrogen and oxygen atoms in total. The number of hydrogen-bond donors (Lipinski definition) is 2. The van der Waals surface area contributed by atoms with Crippen molar-refractivity contribution in [2.24, 2.45) is 4.99 Å². The van der Waals surface area contributed by atoms with Crippen LogP contribution >= 0.6 is 24.0 Å². The molecule has 9 heteroatoms. The monoisotopic (exact) mass is 504 g/mol. The summed E-state index contributed by atoms with van der Waals surface area (Å²) in [5.41, 5.74) is 4.07. The summed E-state index contributed by atoms with van der Waals surface area (Å²) >= 11 is 0. The van der Waals surface area contributed by atoms with E-state index in [4.69, 9.17) is 4.98 Å². The average molecular weight is 504 g/mol. The van der Waals surface area contributed by atoms with Gasteiger partial charge in [0.15, 0.2) is 17.4 Å². The third-order valence-corrected chi connectivity index (χ3v) is 4.51. The first-order valence-corrected chi connectivity index (χ1v) is 9.48. The van der Waals surface area contributed by atoms with E-state index in [0.29, 0.717) is 6.54 Å². The first-order chi connectivity index (χ1) is 13.7. The molecule has 0 radical (unpaired) electrons. The summed E-state index contributed by atoms with van der Waals surface area (Å²) in [6.07, 6.45) is 6.88. The van der Waals surface area contributed by atoms with Gasteiger partial charge in [-0.3, -0.25) is 4.40 Å². The Morgan fingerprint density at radius 2 is 2.00 bits per heavy atom. The maximum atomic E-state index is 4.72. The summed E-state index contributed by atoms with van der Waals surface area (Å²) in [5, 5.41) is 15.0. The second kappa shape index (κ2) is 9.68. The van der Waals surface area contributed by atoms with Gasteiger partial charge >= 0.3 is 0 Å². The number of rotatable bonds is 6. The molecule has 29 heavy (non-hydrogen) atoms. The molecule has 0 saturated carbocycles. The van der Waals surface area contributed by atoms with Gasteiger partial charge in [-0.25, -0.2) is 9.98 Å². The quantitative estimate of drug-likeness (QED) is 0.240. The van der Waals surface area contributed by atoms with E-state index in [0.717, 1.165) is 48.3 Å². The second-order valence-electron chi connectivity index (χ2n) is 6.57. The van der Waals surface area contributed by atoms with Crippen molar-refractivity contribution in [3.8, 4) is 0 Å². The van der Waals surface area contributed by atoms with Gasteiger partial charge in [-0.05, 0) is 37.6 Å². The van der Waals surface area contributed by atoms with Crippen LogP contribution in [0, 0.1) is 6.92 Å². The van der Waals surface area contributed by atoms with E-state index in [9.17, 15) is 0 Å². The van der Waals surface area contributed by atoms with Crippen molar-refractivity contribution >= 4 is 41.2 Å². The van der Waals surface area contributed by atoms with Crippen LogP contribution in [0.2, 0.25) is 0 Å². The van der Waals surface area contributed by atoms with E-state index in [1.165, 1.54) is 5.56 Å². The Labute approximate surface area is 186 Å². The predicted molar refractivity (Wildman–Crippen MR) is 125 cm³/mol. The lowest BCUT2D eigenvalue weighted by atomic mass is 10.3. The van der Waals surface area contributed by atoms with E-state index >= 15 is 0 Å². The van der Waals surface area contributed by atoms with Crippen molar-refractivity contribution in [3.05, 3.63) is 66.0 Å². The van der Waals surface area contributed by atoms with Crippen LogP contribution in [0.25, 0.3) is 11.3 Å². The molecular formula is C20H25IN8. The Hall–Kier alpha value is -2.69. The second-order valence-corrected chi connectivity index (χ2v) is 6.57. The van der Waals surface area contributed by atoms with E-state index in [-0.39, 0.29) is 24.0 Å². The lowest BCUT2D eigenvalue weighted by molar-refractivity contribution is 0.781. The Bertz CT molecular complexity index is 1110. The highest BCUT2D eigenvalue weighted by Crippen LogP contribution is 2.10.